The van der Waals surface area contributed by atoms with Crippen LogP contribution in [0.2, 0.25) is 0 Å². The second kappa shape index (κ2) is 8.06. The Morgan fingerprint density at radius 2 is 1.93 bits per heavy atom. The molecule has 7 nitrogen and oxygen atoms in total. The molecule has 8 heteroatoms. The number of rotatable bonds is 6. The minimum Gasteiger partial charge on any atom is -0.467 e. The van der Waals surface area contributed by atoms with Crippen molar-refractivity contribution < 1.29 is 22.4 Å². The minimum absolute atomic E-state index is 0.0953. The molecule has 2 heterocycles. The van der Waals surface area contributed by atoms with Crippen molar-refractivity contribution in [3.8, 4) is 0 Å². The first-order chi connectivity index (χ1) is 12.9. The highest BCUT2D eigenvalue weighted by Crippen LogP contribution is 2.24. The molecular formula is C19H22N2O5S. The second-order valence-electron chi connectivity index (χ2n) is 6.56. The van der Waals surface area contributed by atoms with E-state index >= 15 is 0 Å². The number of sulfonamides is 1. The van der Waals surface area contributed by atoms with Crippen LogP contribution in [0.4, 0.5) is 0 Å². The third-order valence-corrected chi connectivity index (χ3v) is 6.61. The molecule has 1 aromatic heterocycles. The van der Waals surface area contributed by atoms with Crippen LogP contribution in [0.15, 0.2) is 52.0 Å². The van der Waals surface area contributed by atoms with Crippen molar-refractivity contribution in [2.75, 3.05) is 13.1 Å². The molecule has 0 atom stereocenters. The number of carbonyl (C=O) groups excluding carboxylic acids is 2. The predicted octanol–water partition coefficient (Wildman–Crippen LogP) is 2.20. The van der Waals surface area contributed by atoms with E-state index in [2.05, 4.69) is 5.32 Å². The monoisotopic (exact) mass is 390 g/mol. The number of furan rings is 1. The summed E-state index contributed by atoms with van der Waals surface area (Å²) >= 11 is 0. The third kappa shape index (κ3) is 4.45. The zero-order valence-corrected chi connectivity index (χ0v) is 15.9. The molecule has 0 radical (unpaired) electrons. The van der Waals surface area contributed by atoms with Gasteiger partial charge in [-0.3, -0.25) is 9.59 Å². The van der Waals surface area contributed by atoms with Crippen LogP contribution in [0.25, 0.3) is 0 Å². The average Bonchev–Trinajstić information content (AvgIpc) is 3.20. The first-order valence-electron chi connectivity index (χ1n) is 8.79. The molecule has 0 unspecified atom stereocenters. The Kier molecular flexibility index (Phi) is 5.76. The zero-order valence-electron chi connectivity index (χ0n) is 15.1. The van der Waals surface area contributed by atoms with Crippen LogP contribution in [0.1, 0.15) is 35.9 Å². The van der Waals surface area contributed by atoms with Gasteiger partial charge in [0.05, 0.1) is 17.7 Å². The molecule has 0 aliphatic carbocycles. The van der Waals surface area contributed by atoms with E-state index < -0.39 is 10.0 Å². The van der Waals surface area contributed by atoms with Crippen molar-refractivity contribution >= 4 is 21.7 Å². The fraction of sp³-hybridized carbons (Fsp3) is 0.368. The third-order valence-electron chi connectivity index (χ3n) is 4.72. The molecule has 0 spiro atoms. The van der Waals surface area contributed by atoms with E-state index in [1.807, 2.05) is 0 Å². The normalized spacial score (nSPS) is 16.2. The van der Waals surface area contributed by atoms with Gasteiger partial charge in [-0.15, -0.1) is 0 Å². The highest BCUT2D eigenvalue weighted by atomic mass is 32.2. The number of piperidine rings is 1. The summed E-state index contributed by atoms with van der Waals surface area (Å²) in [7, 11) is -3.68. The number of nitrogens with one attached hydrogen (secondary N) is 1. The highest BCUT2D eigenvalue weighted by molar-refractivity contribution is 7.89. The van der Waals surface area contributed by atoms with Gasteiger partial charge in [-0.25, -0.2) is 8.42 Å². The van der Waals surface area contributed by atoms with Crippen LogP contribution in [0.5, 0.6) is 0 Å². The number of amides is 1. The number of carbonyl (C=O) groups is 2. The Bertz CT molecular complexity index is 913. The fourth-order valence-corrected chi connectivity index (χ4v) is 4.63. The number of ketones is 1. The van der Waals surface area contributed by atoms with E-state index in [1.165, 1.54) is 23.4 Å². The van der Waals surface area contributed by atoms with Gasteiger partial charge >= 0.3 is 0 Å². The number of Topliss-reactive ketones (excluding diaryl/α,β-unsaturated/α-hetero) is 1. The maximum Gasteiger partial charge on any atom is 0.243 e. The van der Waals surface area contributed by atoms with Gasteiger partial charge in [0.25, 0.3) is 0 Å². The summed E-state index contributed by atoms with van der Waals surface area (Å²) in [5, 5.41) is 2.82. The Balaban J connectivity index is 1.60. The van der Waals surface area contributed by atoms with Gasteiger partial charge in [0.15, 0.2) is 5.78 Å². The summed E-state index contributed by atoms with van der Waals surface area (Å²) in [4.78, 5) is 23.9. The molecule has 1 amide bonds. The summed E-state index contributed by atoms with van der Waals surface area (Å²) in [6.45, 7) is 2.26. The minimum atomic E-state index is -3.68. The molecule has 1 aromatic carbocycles. The standard InChI is InChI=1S/C19H22N2O5S/c1-14(22)16-4-2-6-18(12-16)27(24,25)21-9-7-15(8-10-21)19(23)20-13-17-5-3-11-26-17/h2-6,11-12,15H,7-10,13H2,1H3,(H,20,23). The van der Waals surface area contributed by atoms with Crippen LogP contribution >= 0.6 is 0 Å². The first kappa shape index (κ1) is 19.3. The number of benzene rings is 1. The Hall–Kier alpha value is -2.45. The summed E-state index contributed by atoms with van der Waals surface area (Å²) in [5.74, 6) is 0.171. The van der Waals surface area contributed by atoms with Crippen LogP contribution in [0, 0.1) is 5.92 Å². The van der Waals surface area contributed by atoms with E-state index in [0.717, 1.165) is 0 Å². The largest absolute Gasteiger partial charge is 0.467 e. The predicted molar refractivity (Wildman–Crippen MR) is 98.5 cm³/mol. The Morgan fingerprint density at radius 3 is 2.56 bits per heavy atom. The molecule has 1 saturated heterocycles. The quantitative estimate of drug-likeness (QED) is 0.763. The van der Waals surface area contributed by atoms with Crippen molar-refractivity contribution in [2.24, 2.45) is 5.92 Å². The lowest BCUT2D eigenvalue weighted by Crippen LogP contribution is -2.42. The molecule has 2 aromatic rings. The lowest BCUT2D eigenvalue weighted by atomic mass is 9.97. The van der Waals surface area contributed by atoms with Crippen LogP contribution in [0.3, 0.4) is 0 Å². The lowest BCUT2D eigenvalue weighted by Gasteiger charge is -2.30. The van der Waals surface area contributed by atoms with Gasteiger partial charge < -0.3 is 9.73 Å². The van der Waals surface area contributed by atoms with E-state index in [-0.39, 0.29) is 35.6 Å². The van der Waals surface area contributed by atoms with Crippen LogP contribution < -0.4 is 5.32 Å². The van der Waals surface area contributed by atoms with Crippen molar-refractivity contribution in [3.05, 3.63) is 54.0 Å². The van der Waals surface area contributed by atoms with Crippen molar-refractivity contribution in [1.29, 1.82) is 0 Å². The lowest BCUT2D eigenvalue weighted by molar-refractivity contribution is -0.126. The van der Waals surface area contributed by atoms with Crippen molar-refractivity contribution in [3.63, 3.8) is 0 Å². The summed E-state index contributed by atoms with van der Waals surface area (Å²) in [5.41, 5.74) is 0.364. The smallest absolute Gasteiger partial charge is 0.243 e. The van der Waals surface area contributed by atoms with Crippen LogP contribution in [-0.2, 0) is 21.4 Å². The fourth-order valence-electron chi connectivity index (χ4n) is 3.11. The molecule has 1 N–H and O–H groups in total. The van der Waals surface area contributed by atoms with Crippen LogP contribution in [-0.4, -0.2) is 37.5 Å². The van der Waals surface area contributed by atoms with Crippen molar-refractivity contribution in [1.82, 2.24) is 9.62 Å². The highest BCUT2D eigenvalue weighted by Gasteiger charge is 2.32. The molecule has 0 saturated carbocycles. The number of hydrogen-bond acceptors (Lipinski definition) is 5. The number of nitrogens with zero attached hydrogens (tertiary/aromatic N) is 1. The Morgan fingerprint density at radius 1 is 1.19 bits per heavy atom. The molecular weight excluding hydrogens is 368 g/mol. The molecule has 27 heavy (non-hydrogen) atoms. The van der Waals surface area contributed by atoms with E-state index in [0.29, 0.717) is 30.7 Å². The summed E-state index contributed by atoms with van der Waals surface area (Å²) in [6, 6.07) is 9.59. The average molecular weight is 390 g/mol. The van der Waals surface area contributed by atoms with Gasteiger partial charge in [0.2, 0.25) is 15.9 Å². The van der Waals surface area contributed by atoms with Gasteiger partial charge in [0, 0.05) is 24.6 Å². The van der Waals surface area contributed by atoms with Gasteiger partial charge in [-0.1, -0.05) is 12.1 Å². The number of hydrogen-bond donors (Lipinski definition) is 1. The maximum absolute atomic E-state index is 12.8. The SMILES string of the molecule is CC(=O)c1cccc(S(=O)(=O)N2CCC(C(=O)NCc3ccco3)CC2)c1. The molecule has 0 bridgehead atoms. The summed E-state index contributed by atoms with van der Waals surface area (Å²) in [6.07, 6.45) is 2.46. The first-order valence-corrected chi connectivity index (χ1v) is 10.2. The molecule has 1 aliphatic heterocycles. The summed E-state index contributed by atoms with van der Waals surface area (Å²) < 4.78 is 32.2. The Labute approximate surface area is 158 Å². The van der Waals surface area contributed by atoms with Gasteiger partial charge in [-0.05, 0) is 44.0 Å². The maximum atomic E-state index is 12.8. The van der Waals surface area contributed by atoms with Gasteiger partial charge in [-0.2, -0.15) is 4.31 Å². The van der Waals surface area contributed by atoms with Crippen molar-refractivity contribution in [2.45, 2.75) is 31.2 Å². The van der Waals surface area contributed by atoms with E-state index in [4.69, 9.17) is 4.42 Å². The van der Waals surface area contributed by atoms with Gasteiger partial charge in [0.1, 0.15) is 5.76 Å². The second-order valence-corrected chi connectivity index (χ2v) is 8.50. The van der Waals surface area contributed by atoms with E-state index in [9.17, 15) is 18.0 Å². The zero-order chi connectivity index (χ0) is 19.4. The molecule has 1 fully saturated rings. The molecule has 144 valence electrons. The van der Waals surface area contributed by atoms with E-state index in [1.54, 1.807) is 30.5 Å². The topological polar surface area (TPSA) is 96.7 Å². The molecule has 1 aliphatic rings. The molecule has 3 rings (SSSR count).